The molecule has 0 bridgehead atoms. The summed E-state index contributed by atoms with van der Waals surface area (Å²) >= 11 is 0. The molecule has 0 aliphatic rings. The van der Waals surface area contributed by atoms with Crippen LogP contribution in [-0.4, -0.2) is 37.2 Å². The zero-order chi connectivity index (χ0) is 17.4. The van der Waals surface area contributed by atoms with E-state index in [0.717, 1.165) is 24.5 Å². The number of hydrogen-bond donors (Lipinski definition) is 2. The summed E-state index contributed by atoms with van der Waals surface area (Å²) in [5, 5.41) is 7.47. The number of nitrogens with zero attached hydrogens (tertiary/aromatic N) is 2. The van der Waals surface area contributed by atoms with Crippen molar-refractivity contribution in [2.75, 3.05) is 27.2 Å². The molecular weight excluding hydrogens is 451 g/mol. The number of hydrogen-bond acceptors (Lipinski definition) is 0. The molecule has 2 aromatic heterocycles. The summed E-state index contributed by atoms with van der Waals surface area (Å²) in [6, 6.07) is 9.91. The van der Waals surface area contributed by atoms with Gasteiger partial charge in [0.1, 0.15) is 0 Å². The van der Waals surface area contributed by atoms with Gasteiger partial charge >= 0.3 is 25.8 Å². The molecule has 0 saturated heterocycles. The van der Waals surface area contributed by atoms with Crippen LogP contribution < -0.4 is 0 Å². The Morgan fingerprint density at radius 2 is 1.04 bits per heavy atom. The van der Waals surface area contributed by atoms with Crippen LogP contribution in [0.25, 0.3) is 10.6 Å². The van der Waals surface area contributed by atoms with E-state index in [-0.39, 0.29) is 25.8 Å². The van der Waals surface area contributed by atoms with Crippen molar-refractivity contribution in [1.82, 2.24) is 9.97 Å². The van der Waals surface area contributed by atoms with E-state index >= 15 is 0 Å². The van der Waals surface area contributed by atoms with Gasteiger partial charge in [-0.25, -0.2) is 24.3 Å². The van der Waals surface area contributed by atoms with E-state index in [2.05, 4.69) is 32.7 Å². The minimum absolute atomic E-state index is 0. The molecule has 0 unspecified atom stereocenters. The third kappa shape index (κ3) is 21.4. The molecule has 2 heterocycles. The minimum atomic E-state index is 0. The number of rotatable bonds is 2. The molecule has 0 radical (unpaired) electrons. The number of aromatic nitrogens is 2. The van der Waals surface area contributed by atoms with Crippen molar-refractivity contribution in [1.29, 1.82) is 0 Å². The van der Waals surface area contributed by atoms with Crippen LogP contribution in [0, 0.1) is 39.8 Å². The molecule has 0 spiro atoms. The fourth-order valence-corrected chi connectivity index (χ4v) is 1.17. The molecule has 0 aliphatic carbocycles. The van der Waals surface area contributed by atoms with Crippen LogP contribution in [-0.2, 0) is 25.8 Å². The Kier molecular flexibility index (Phi) is 22.9. The first-order chi connectivity index (χ1) is 10.4. The summed E-state index contributed by atoms with van der Waals surface area (Å²) in [5.74, 6) is 0. The van der Waals surface area contributed by atoms with Gasteiger partial charge in [0, 0.05) is 0 Å². The molecule has 0 saturated carbocycles. The molecule has 0 aliphatic heterocycles. The maximum atomic E-state index is 3.74. The number of aryl methyl sites for hydroxylation is 4. The maximum Gasteiger partial charge on any atom is 4.00 e. The van der Waals surface area contributed by atoms with Gasteiger partial charge in [-0.3, -0.25) is 0 Å². The van der Waals surface area contributed by atoms with Gasteiger partial charge < -0.3 is 20.6 Å². The maximum absolute atomic E-state index is 3.74. The first kappa shape index (κ1) is 27.2. The summed E-state index contributed by atoms with van der Waals surface area (Å²) in [6.45, 7) is 13.9. The van der Waals surface area contributed by atoms with Crippen LogP contribution in [0.5, 0.6) is 0 Å². The van der Waals surface area contributed by atoms with Gasteiger partial charge in [-0.15, -0.1) is 11.4 Å². The number of nitrogens with one attached hydrogen (secondary N) is 2. The zero-order valence-corrected chi connectivity index (χ0v) is 19.6. The molecule has 2 rings (SSSR count). The summed E-state index contributed by atoms with van der Waals surface area (Å²) in [5.41, 5.74) is 4.57. The first-order valence-electron chi connectivity index (χ1n) is 7.60. The fraction of sp³-hybridized carbons (Fsp3) is 0.556. The zero-order valence-electron chi connectivity index (χ0n) is 16.0. The molecule has 5 heteroatoms. The Balaban J connectivity index is -0.000000238. The predicted octanol–water partition coefficient (Wildman–Crippen LogP) is 4.88. The molecule has 0 amide bonds. The van der Waals surface area contributed by atoms with Crippen molar-refractivity contribution in [2.24, 2.45) is 0 Å². The Labute approximate surface area is 162 Å². The van der Waals surface area contributed by atoms with Crippen LogP contribution in [0.4, 0.5) is 0 Å². The molecular formula is C18H32HfN4. The van der Waals surface area contributed by atoms with Gasteiger partial charge in [-0.1, -0.05) is 39.1 Å². The third-order valence-corrected chi connectivity index (χ3v) is 2.41. The Morgan fingerprint density at radius 1 is 0.783 bits per heavy atom. The second kappa shape index (κ2) is 19.4. The summed E-state index contributed by atoms with van der Waals surface area (Å²) in [4.78, 5) is 6.17. The minimum Gasteiger partial charge on any atom is -0.665 e. The van der Waals surface area contributed by atoms with Crippen molar-refractivity contribution < 1.29 is 25.8 Å². The van der Waals surface area contributed by atoms with E-state index in [1.54, 1.807) is 14.1 Å². The Hall–Kier alpha value is -0.650. The quantitative estimate of drug-likeness (QED) is 0.453. The molecule has 23 heavy (non-hydrogen) atoms. The van der Waals surface area contributed by atoms with E-state index in [4.69, 9.17) is 0 Å². The Bertz CT molecular complexity index is 370. The van der Waals surface area contributed by atoms with Crippen molar-refractivity contribution >= 4 is 0 Å². The first-order valence-corrected chi connectivity index (χ1v) is 7.60. The fourth-order valence-electron chi connectivity index (χ4n) is 1.17. The van der Waals surface area contributed by atoms with Crippen molar-refractivity contribution in [3.05, 3.63) is 57.7 Å². The van der Waals surface area contributed by atoms with Gasteiger partial charge in [0.2, 0.25) is 0 Å². The second-order valence-corrected chi connectivity index (χ2v) is 4.71. The molecule has 4 nitrogen and oxygen atoms in total. The van der Waals surface area contributed by atoms with E-state index in [0.29, 0.717) is 0 Å². The van der Waals surface area contributed by atoms with Crippen LogP contribution >= 0.6 is 0 Å². The molecule has 2 N–H and O–H groups in total. The summed E-state index contributed by atoms with van der Waals surface area (Å²) in [6.07, 6.45) is 0. The van der Waals surface area contributed by atoms with Crippen molar-refractivity contribution in [3.8, 4) is 0 Å². The van der Waals surface area contributed by atoms with Crippen molar-refractivity contribution in [2.45, 2.75) is 41.5 Å². The molecule has 0 atom stereocenters. The van der Waals surface area contributed by atoms with E-state index in [1.807, 2.05) is 53.7 Å². The Morgan fingerprint density at radius 3 is 1.09 bits per heavy atom. The van der Waals surface area contributed by atoms with Crippen LogP contribution in [0.3, 0.4) is 0 Å². The van der Waals surface area contributed by atoms with E-state index in [1.165, 1.54) is 11.4 Å². The number of H-pyrrole nitrogens is 2. The van der Waals surface area contributed by atoms with Gasteiger partial charge in [-0.05, 0) is 13.8 Å². The van der Waals surface area contributed by atoms with E-state index in [9.17, 15) is 0 Å². The SMILES string of the molecule is CC[N-]C.CC[N-]C.Cc1[c-]cc(C)[nH]1.Cc1[c-]cc(C)[nH]1.[Hf+4]. The van der Waals surface area contributed by atoms with Crippen LogP contribution in [0.2, 0.25) is 0 Å². The van der Waals surface area contributed by atoms with Crippen molar-refractivity contribution in [3.63, 3.8) is 0 Å². The average Bonchev–Trinajstić information content (AvgIpc) is 3.07. The average molecular weight is 483 g/mol. The molecule has 128 valence electrons. The monoisotopic (exact) mass is 484 g/mol. The van der Waals surface area contributed by atoms with Gasteiger partial charge in [-0.2, -0.15) is 27.2 Å². The van der Waals surface area contributed by atoms with Crippen LogP contribution in [0.1, 0.15) is 36.6 Å². The smallest absolute Gasteiger partial charge is 0.665 e. The van der Waals surface area contributed by atoms with Gasteiger partial charge in [0.25, 0.3) is 0 Å². The predicted molar refractivity (Wildman–Crippen MR) is 97.9 cm³/mol. The normalized spacial score (nSPS) is 8.35. The van der Waals surface area contributed by atoms with Gasteiger partial charge in [0.15, 0.2) is 0 Å². The van der Waals surface area contributed by atoms with E-state index < -0.39 is 0 Å². The van der Waals surface area contributed by atoms with Gasteiger partial charge in [0.05, 0.1) is 0 Å². The summed E-state index contributed by atoms with van der Waals surface area (Å²) in [7, 11) is 3.61. The second-order valence-electron chi connectivity index (χ2n) is 4.71. The standard InChI is InChI=1S/2C6H8N.2C3H8N.Hf/c2*1-5-3-4-6(2)7-5;2*1-3-4-2;/h2*3,7H,1-2H3;2*3H2,1-2H3;/q4*-1;+4. The molecule has 2 aromatic rings. The van der Waals surface area contributed by atoms with Crippen LogP contribution in [0.15, 0.2) is 12.1 Å². The topological polar surface area (TPSA) is 59.8 Å². The summed E-state index contributed by atoms with van der Waals surface area (Å²) < 4.78 is 0. The largest absolute Gasteiger partial charge is 4.00 e. The number of aromatic amines is 2. The molecule has 0 fully saturated rings. The molecule has 0 aromatic carbocycles. The third-order valence-electron chi connectivity index (χ3n) is 2.41.